The molecule has 7 N–H and O–H groups in total. The SMILES string of the molecule is CC(OC(=O)OCC1c2ccccc2-c2ccccc21)OC(=O)C1=C(/C=N/N(C)C(N)=NC2CCC(N)CC2)CSC2C(NC(=O)/C(=N\OCF)c3nsc(N)n3)C(=O)N12. The van der Waals surface area contributed by atoms with Gasteiger partial charge in [0.2, 0.25) is 23.8 Å². The number of esters is 1. The number of nitrogens with one attached hydrogen (secondary N) is 1. The van der Waals surface area contributed by atoms with Crippen LogP contribution in [0.3, 0.4) is 0 Å². The summed E-state index contributed by atoms with van der Waals surface area (Å²) >= 11 is 1.98. The maximum Gasteiger partial charge on any atom is 0.511 e. The highest BCUT2D eigenvalue weighted by atomic mass is 32.2. The number of anilines is 1. The Kier molecular flexibility index (Phi) is 12.9. The number of nitrogen functional groups attached to an aromatic ring is 1. The molecular formula is C38H42FN11O8S2. The number of benzene rings is 2. The van der Waals surface area contributed by atoms with Crippen LogP contribution in [0.2, 0.25) is 0 Å². The molecule has 22 heteroatoms. The zero-order valence-corrected chi connectivity index (χ0v) is 34.1. The summed E-state index contributed by atoms with van der Waals surface area (Å²) in [5.41, 5.74) is 21.6. The number of amides is 2. The first kappa shape index (κ1) is 42.0. The number of hydrogen-bond acceptors (Lipinski definition) is 17. The first-order valence-corrected chi connectivity index (χ1v) is 20.7. The lowest BCUT2D eigenvalue weighted by Gasteiger charge is -2.49. The zero-order valence-electron chi connectivity index (χ0n) is 32.4. The van der Waals surface area contributed by atoms with Gasteiger partial charge >= 0.3 is 12.1 Å². The molecule has 1 saturated carbocycles. The van der Waals surface area contributed by atoms with Gasteiger partial charge in [-0.25, -0.2) is 24.0 Å². The highest BCUT2D eigenvalue weighted by Crippen LogP contribution is 2.45. The predicted octanol–water partition coefficient (Wildman–Crippen LogP) is 2.78. The van der Waals surface area contributed by atoms with E-state index in [0.29, 0.717) is 0 Å². The van der Waals surface area contributed by atoms with E-state index in [0.717, 1.165) is 64.4 Å². The number of carbonyl (C=O) groups is 4. The quantitative estimate of drug-likeness (QED) is 0.0481. The number of alkyl halides is 1. The second kappa shape index (κ2) is 18.4. The summed E-state index contributed by atoms with van der Waals surface area (Å²) in [6.07, 6.45) is 2.05. The zero-order chi connectivity index (χ0) is 42.5. The Morgan fingerprint density at radius 3 is 2.42 bits per heavy atom. The van der Waals surface area contributed by atoms with Crippen LogP contribution in [0.5, 0.6) is 0 Å². The monoisotopic (exact) mass is 863 g/mol. The van der Waals surface area contributed by atoms with Gasteiger partial charge in [0, 0.05) is 48.8 Å². The van der Waals surface area contributed by atoms with Crippen LogP contribution >= 0.6 is 23.3 Å². The number of fused-ring (bicyclic) bond motifs is 4. The average molecular weight is 864 g/mol. The molecule has 2 aliphatic carbocycles. The van der Waals surface area contributed by atoms with Crippen LogP contribution in [0.4, 0.5) is 14.3 Å². The number of rotatable bonds is 13. The number of nitrogens with zero attached hydrogens (tertiary/aromatic N) is 7. The van der Waals surface area contributed by atoms with Crippen molar-refractivity contribution < 1.29 is 42.6 Å². The van der Waals surface area contributed by atoms with Gasteiger partial charge in [-0.3, -0.25) is 14.5 Å². The summed E-state index contributed by atoms with van der Waals surface area (Å²) < 4.78 is 33.2. The molecule has 3 heterocycles. The van der Waals surface area contributed by atoms with Gasteiger partial charge in [0.15, 0.2) is 5.13 Å². The van der Waals surface area contributed by atoms with Crippen molar-refractivity contribution in [1.82, 2.24) is 24.6 Å². The Bertz CT molecular complexity index is 2220. The smallest absolute Gasteiger partial charge is 0.433 e. The van der Waals surface area contributed by atoms with Crippen molar-refractivity contribution in [3.05, 3.63) is 76.8 Å². The summed E-state index contributed by atoms with van der Waals surface area (Å²) in [5.74, 6) is -2.91. The van der Waals surface area contributed by atoms with Crippen molar-refractivity contribution in [3.63, 3.8) is 0 Å². The summed E-state index contributed by atoms with van der Waals surface area (Å²) in [6.45, 7) is -0.0521. The molecule has 3 unspecified atom stereocenters. The van der Waals surface area contributed by atoms with Crippen LogP contribution < -0.4 is 22.5 Å². The lowest BCUT2D eigenvalue weighted by molar-refractivity contribution is -0.169. The number of hydrazone groups is 1. The van der Waals surface area contributed by atoms with Crippen molar-refractivity contribution in [3.8, 4) is 11.1 Å². The van der Waals surface area contributed by atoms with E-state index in [1.54, 1.807) is 7.05 Å². The molecule has 0 radical (unpaired) electrons. The Hall–Kier alpha value is -6.13. The number of hydrogen-bond donors (Lipinski definition) is 4. The fourth-order valence-electron chi connectivity index (χ4n) is 7.25. The molecule has 0 bridgehead atoms. The maximum absolute atomic E-state index is 14.0. The van der Waals surface area contributed by atoms with E-state index in [1.165, 1.54) is 29.9 Å². The number of thioether (sulfide) groups is 1. The van der Waals surface area contributed by atoms with E-state index >= 15 is 0 Å². The molecule has 2 amide bonds. The third kappa shape index (κ3) is 9.04. The fraction of sp³-hybridized carbons (Fsp3) is 0.395. The number of oxime groups is 1. The standard InChI is InChI=1S/C38H42FN11O8S2/c1-19(58-38(54)55-16-27-25-9-5-3-7-23(25)24-8-4-6-10-26(24)27)57-35(53)30-20(15-43-49(2)36(41)44-22-13-11-21(40)12-14-22)17-59-34-29(33(52)50(30)34)45-32(51)28(47-56-18-39)31-46-37(42)60-48-31/h3-10,15,19,21-22,27,29,34H,11-14,16-18,40H2,1-2H3,(H2,41,44)(H,45,51)(H2,42,46,48)/b43-15+,47-28-. The van der Waals surface area contributed by atoms with E-state index in [4.69, 9.17) is 31.4 Å². The van der Waals surface area contributed by atoms with Crippen LogP contribution in [0, 0.1) is 0 Å². The van der Waals surface area contributed by atoms with E-state index in [1.807, 2.05) is 48.5 Å². The van der Waals surface area contributed by atoms with Crippen molar-refractivity contribution in [1.29, 1.82) is 0 Å². The minimum atomic E-state index is -1.46. The van der Waals surface area contributed by atoms with Gasteiger partial charge in [-0.15, -0.1) is 11.8 Å². The number of nitrogens with two attached hydrogens (primary N) is 3. The first-order chi connectivity index (χ1) is 28.9. The lowest BCUT2D eigenvalue weighted by Crippen LogP contribution is -2.71. The van der Waals surface area contributed by atoms with Crippen LogP contribution in [0.15, 0.2) is 75.1 Å². The van der Waals surface area contributed by atoms with E-state index < -0.39 is 54.2 Å². The van der Waals surface area contributed by atoms with E-state index in [-0.39, 0.29) is 58.5 Å². The van der Waals surface area contributed by atoms with Gasteiger partial charge in [0.25, 0.3) is 18.7 Å². The third-order valence-corrected chi connectivity index (χ3v) is 12.0. The van der Waals surface area contributed by atoms with Crippen LogP contribution in [-0.2, 0) is 33.4 Å². The molecule has 2 fully saturated rings. The van der Waals surface area contributed by atoms with E-state index in [9.17, 15) is 23.6 Å². The molecule has 1 aromatic heterocycles. The maximum atomic E-state index is 14.0. The summed E-state index contributed by atoms with van der Waals surface area (Å²) in [5, 5.41) is 10.9. The number of β-lactam (4-membered cyclic amide) rings is 1. The number of aliphatic imine (C=N–C) groups is 1. The first-order valence-electron chi connectivity index (χ1n) is 18.9. The van der Waals surface area contributed by atoms with Gasteiger partial charge in [-0.2, -0.15) is 14.5 Å². The molecule has 7 rings (SSSR count). The fourth-order valence-corrected chi connectivity index (χ4v) is 8.98. The van der Waals surface area contributed by atoms with Gasteiger partial charge < -0.3 is 41.6 Å². The molecule has 3 atom stereocenters. The minimum Gasteiger partial charge on any atom is -0.433 e. The summed E-state index contributed by atoms with van der Waals surface area (Å²) in [7, 11) is 1.59. The molecule has 2 aromatic carbocycles. The summed E-state index contributed by atoms with van der Waals surface area (Å²) in [6, 6.07) is 14.6. The number of aromatic nitrogens is 2. The number of ether oxygens (including phenoxy) is 3. The van der Waals surface area contributed by atoms with Crippen molar-refractivity contribution >= 4 is 70.3 Å². The molecule has 1 saturated heterocycles. The van der Waals surface area contributed by atoms with Gasteiger partial charge in [0.05, 0.1) is 12.3 Å². The van der Waals surface area contributed by atoms with Gasteiger partial charge in [-0.05, 0) is 47.9 Å². The summed E-state index contributed by atoms with van der Waals surface area (Å²) in [4.78, 5) is 68.0. The number of halogens is 1. The van der Waals surface area contributed by atoms with E-state index in [2.05, 4.69) is 34.8 Å². The Labute approximate surface area is 351 Å². The third-order valence-electron chi connectivity index (χ3n) is 10.2. The second-order valence-corrected chi connectivity index (χ2v) is 16.0. The average Bonchev–Trinajstić information content (AvgIpc) is 3.82. The molecular weight excluding hydrogens is 822 g/mol. The van der Waals surface area contributed by atoms with Gasteiger partial charge in [-0.1, -0.05) is 53.7 Å². The molecule has 3 aromatic rings. The van der Waals surface area contributed by atoms with Crippen molar-refractivity contribution in [2.75, 3.05) is 32.0 Å². The Morgan fingerprint density at radius 1 is 1.08 bits per heavy atom. The molecule has 2 aliphatic heterocycles. The van der Waals surface area contributed by atoms with Crippen molar-refractivity contribution in [2.45, 2.75) is 68.3 Å². The van der Waals surface area contributed by atoms with Crippen LogP contribution in [0.25, 0.3) is 11.1 Å². The molecule has 60 heavy (non-hydrogen) atoms. The lowest BCUT2D eigenvalue weighted by atomic mass is 9.92. The normalized spacial score (nSPS) is 22.0. The highest BCUT2D eigenvalue weighted by molar-refractivity contribution is 8.00. The van der Waals surface area contributed by atoms with Crippen LogP contribution in [0.1, 0.15) is 55.5 Å². The highest BCUT2D eigenvalue weighted by Gasteiger charge is 2.55. The Morgan fingerprint density at radius 2 is 1.77 bits per heavy atom. The largest absolute Gasteiger partial charge is 0.511 e. The molecule has 19 nitrogen and oxygen atoms in total. The topological polar surface area (TPSA) is 265 Å². The second-order valence-electron chi connectivity index (χ2n) is 14.1. The van der Waals surface area contributed by atoms with Gasteiger partial charge in [0.1, 0.15) is 23.7 Å². The van der Waals surface area contributed by atoms with Crippen LogP contribution in [-0.4, -0.2) is 117 Å². The molecule has 0 spiro atoms. The number of guanidine groups is 1. The number of carbonyl (C=O) groups excluding carboxylic acids is 4. The van der Waals surface area contributed by atoms with Crippen molar-refractivity contribution in [2.24, 2.45) is 26.7 Å². The minimum absolute atomic E-state index is 0.0104. The molecule has 4 aliphatic rings. The molecule has 316 valence electrons. The predicted molar refractivity (Wildman–Crippen MR) is 220 cm³/mol. The Balaban J connectivity index is 1.06.